The topological polar surface area (TPSA) is 147 Å². The Morgan fingerprint density at radius 3 is 2.92 bits per heavy atom. The quantitative estimate of drug-likeness (QED) is 0.191. The number of ether oxygens (including phenoxy) is 1. The van der Waals surface area contributed by atoms with Gasteiger partial charge in [-0.15, -0.1) is 0 Å². The van der Waals surface area contributed by atoms with E-state index in [2.05, 4.69) is 41.4 Å². The number of nitrogens with one attached hydrogen (secondary N) is 1. The molecule has 12 nitrogen and oxygen atoms in total. The Morgan fingerprint density at radius 1 is 1.32 bits per heavy atom. The van der Waals surface area contributed by atoms with E-state index in [1.165, 1.54) is 6.26 Å². The van der Waals surface area contributed by atoms with Crippen LogP contribution < -0.4 is 10.2 Å². The van der Waals surface area contributed by atoms with Crippen LogP contribution in [0, 0.1) is 12.8 Å². The number of nitrogens with zero attached hydrogens (tertiary/aromatic N) is 8. The summed E-state index contributed by atoms with van der Waals surface area (Å²) in [5, 5.41) is 12.2. The first-order valence-corrected chi connectivity index (χ1v) is 12.5. The summed E-state index contributed by atoms with van der Waals surface area (Å²) in [4.78, 5) is 27.0. The lowest BCUT2D eigenvalue weighted by molar-refractivity contribution is 0.102. The molecule has 1 fully saturated rings. The highest BCUT2D eigenvalue weighted by Gasteiger charge is 2.24. The molecule has 196 valence electrons. The summed E-state index contributed by atoms with van der Waals surface area (Å²) in [6, 6.07) is 7.65. The summed E-state index contributed by atoms with van der Waals surface area (Å²) in [5.41, 5.74) is 13.0. The molecule has 5 rings (SSSR count). The summed E-state index contributed by atoms with van der Waals surface area (Å²) in [6.07, 6.45) is 6.62. The van der Waals surface area contributed by atoms with Gasteiger partial charge in [0.25, 0.3) is 5.91 Å². The highest BCUT2D eigenvalue weighted by molar-refractivity contribution is 6.06. The van der Waals surface area contributed by atoms with E-state index in [9.17, 15) is 4.79 Å². The molecule has 38 heavy (non-hydrogen) atoms. The predicted molar refractivity (Wildman–Crippen MR) is 143 cm³/mol. The standard InChI is InChI=1S/C26H29N9O3/c1-17-11-19(3-6-28-17)26-32-22(16-38-26)25(36)31-21-12-20-15-30-35(9-10-37-2)23(20)13-24(21)34-7-4-18(5-8-34)14-29-33-27/h3,6,11-13,15-16,18H,4-5,7-10,14H2,1-2H3,(H,31,36). The van der Waals surface area contributed by atoms with Crippen molar-refractivity contribution in [2.45, 2.75) is 26.3 Å². The first kappa shape index (κ1) is 25.2. The zero-order chi connectivity index (χ0) is 26.5. The number of pyridine rings is 1. The van der Waals surface area contributed by atoms with Crippen LogP contribution in [0.1, 0.15) is 29.0 Å². The minimum absolute atomic E-state index is 0.185. The van der Waals surface area contributed by atoms with Crippen LogP contribution in [0.15, 0.2) is 52.5 Å². The molecule has 1 aliphatic rings. The van der Waals surface area contributed by atoms with E-state index < -0.39 is 0 Å². The van der Waals surface area contributed by atoms with E-state index in [0.29, 0.717) is 37.2 Å². The molecule has 0 aliphatic carbocycles. The lowest BCUT2D eigenvalue weighted by Crippen LogP contribution is -2.35. The molecule has 0 unspecified atom stereocenters. The van der Waals surface area contributed by atoms with Crippen LogP contribution in [0.3, 0.4) is 0 Å². The molecule has 1 amide bonds. The van der Waals surface area contributed by atoms with Crippen LogP contribution >= 0.6 is 0 Å². The van der Waals surface area contributed by atoms with Gasteiger partial charge in [-0.05, 0) is 55.5 Å². The van der Waals surface area contributed by atoms with Crippen molar-refractivity contribution >= 4 is 28.2 Å². The molecule has 0 bridgehead atoms. The van der Waals surface area contributed by atoms with Crippen molar-refractivity contribution in [1.29, 1.82) is 0 Å². The van der Waals surface area contributed by atoms with Gasteiger partial charge >= 0.3 is 0 Å². The molecule has 1 saturated heterocycles. The maximum Gasteiger partial charge on any atom is 0.277 e. The number of aromatic nitrogens is 4. The normalized spacial score (nSPS) is 14.0. The van der Waals surface area contributed by atoms with Crippen LogP contribution in [0.4, 0.5) is 11.4 Å². The van der Waals surface area contributed by atoms with Crippen molar-refractivity contribution in [3.8, 4) is 11.5 Å². The molecule has 1 aliphatic heterocycles. The third-order valence-electron chi connectivity index (χ3n) is 6.75. The largest absolute Gasteiger partial charge is 0.444 e. The number of rotatable bonds is 9. The molecule has 4 aromatic rings. The monoisotopic (exact) mass is 515 g/mol. The van der Waals surface area contributed by atoms with Crippen molar-refractivity contribution in [1.82, 2.24) is 19.7 Å². The van der Waals surface area contributed by atoms with Crippen molar-refractivity contribution in [3.05, 3.63) is 64.8 Å². The van der Waals surface area contributed by atoms with Crippen LogP contribution in [0.2, 0.25) is 0 Å². The van der Waals surface area contributed by atoms with Gasteiger partial charge in [-0.2, -0.15) is 5.10 Å². The van der Waals surface area contributed by atoms with Gasteiger partial charge in [-0.1, -0.05) is 5.11 Å². The molecule has 12 heteroatoms. The maximum atomic E-state index is 13.3. The molecule has 0 saturated carbocycles. The number of benzene rings is 1. The van der Waals surface area contributed by atoms with Gasteiger partial charge in [0.1, 0.15) is 6.26 Å². The van der Waals surface area contributed by atoms with Crippen molar-refractivity contribution < 1.29 is 13.9 Å². The molecule has 1 aromatic carbocycles. The Kier molecular flexibility index (Phi) is 7.52. The number of azide groups is 1. The van der Waals surface area contributed by atoms with Gasteiger partial charge in [-0.3, -0.25) is 14.5 Å². The Hall–Kier alpha value is -4.41. The van der Waals surface area contributed by atoms with Crippen LogP contribution in [-0.4, -0.2) is 59.0 Å². The van der Waals surface area contributed by atoms with Gasteiger partial charge in [-0.25, -0.2) is 4.98 Å². The summed E-state index contributed by atoms with van der Waals surface area (Å²) in [7, 11) is 1.66. The number of anilines is 2. The van der Waals surface area contributed by atoms with E-state index in [0.717, 1.165) is 53.8 Å². The number of piperidine rings is 1. The molecular formula is C26H29N9O3. The van der Waals surface area contributed by atoms with E-state index in [4.69, 9.17) is 14.7 Å². The average molecular weight is 516 g/mol. The zero-order valence-corrected chi connectivity index (χ0v) is 21.4. The second kappa shape index (κ2) is 11.3. The van der Waals surface area contributed by atoms with E-state index in [1.807, 2.05) is 23.7 Å². The summed E-state index contributed by atoms with van der Waals surface area (Å²) in [6.45, 7) is 5.11. The van der Waals surface area contributed by atoms with Gasteiger partial charge in [0.05, 0.1) is 36.2 Å². The first-order valence-electron chi connectivity index (χ1n) is 12.5. The summed E-state index contributed by atoms with van der Waals surface area (Å²) < 4.78 is 12.7. The molecule has 4 heterocycles. The molecule has 0 spiro atoms. The number of aryl methyl sites for hydroxylation is 1. The number of hydrogen-bond acceptors (Lipinski definition) is 8. The Balaban J connectivity index is 1.43. The number of methoxy groups -OCH3 is 1. The van der Waals surface area contributed by atoms with Gasteiger partial charge in [0, 0.05) is 54.5 Å². The summed E-state index contributed by atoms with van der Waals surface area (Å²) in [5.74, 6) is 0.343. The zero-order valence-electron chi connectivity index (χ0n) is 21.4. The minimum atomic E-state index is -0.364. The third-order valence-corrected chi connectivity index (χ3v) is 6.75. The highest BCUT2D eigenvalue weighted by atomic mass is 16.5. The lowest BCUT2D eigenvalue weighted by Gasteiger charge is -2.34. The smallest absolute Gasteiger partial charge is 0.277 e. The number of amides is 1. The lowest BCUT2D eigenvalue weighted by atomic mass is 9.96. The summed E-state index contributed by atoms with van der Waals surface area (Å²) >= 11 is 0. The first-order chi connectivity index (χ1) is 18.6. The molecule has 0 atom stereocenters. The maximum absolute atomic E-state index is 13.3. The fraction of sp³-hybridized carbons (Fsp3) is 0.385. The van der Waals surface area contributed by atoms with Crippen LogP contribution in [-0.2, 0) is 11.3 Å². The van der Waals surface area contributed by atoms with Crippen molar-refractivity contribution in [3.63, 3.8) is 0 Å². The molecule has 3 aromatic heterocycles. The number of hydrogen-bond donors (Lipinski definition) is 1. The Morgan fingerprint density at radius 2 is 2.16 bits per heavy atom. The second-order valence-corrected chi connectivity index (χ2v) is 9.31. The fourth-order valence-corrected chi connectivity index (χ4v) is 4.72. The van der Waals surface area contributed by atoms with Gasteiger partial charge < -0.3 is 19.4 Å². The number of carbonyl (C=O) groups is 1. The van der Waals surface area contributed by atoms with Gasteiger partial charge in [0.15, 0.2) is 5.69 Å². The van der Waals surface area contributed by atoms with Gasteiger partial charge in [0.2, 0.25) is 5.89 Å². The SMILES string of the molecule is COCCn1ncc2cc(NC(=O)c3coc(-c4ccnc(C)c4)n3)c(N3CCC(CN=[N+]=[N-])CC3)cc21. The number of carbonyl (C=O) groups excluding carboxylic acids is 1. The van der Waals surface area contributed by atoms with Crippen LogP contribution in [0.25, 0.3) is 32.8 Å². The molecular weight excluding hydrogens is 486 g/mol. The van der Waals surface area contributed by atoms with E-state index >= 15 is 0 Å². The second-order valence-electron chi connectivity index (χ2n) is 9.31. The predicted octanol–water partition coefficient (Wildman–Crippen LogP) is 4.82. The van der Waals surface area contributed by atoms with Crippen LogP contribution in [0.5, 0.6) is 0 Å². The minimum Gasteiger partial charge on any atom is -0.444 e. The molecule has 0 radical (unpaired) electrons. The van der Waals surface area contributed by atoms with Crippen molar-refractivity contribution in [2.24, 2.45) is 11.0 Å². The fourth-order valence-electron chi connectivity index (χ4n) is 4.72. The number of fused-ring (bicyclic) bond motifs is 1. The highest BCUT2D eigenvalue weighted by Crippen LogP contribution is 2.35. The van der Waals surface area contributed by atoms with E-state index in [1.54, 1.807) is 25.6 Å². The molecule has 1 N–H and O–H groups in total. The van der Waals surface area contributed by atoms with Crippen molar-refractivity contribution in [2.75, 3.05) is 43.6 Å². The van der Waals surface area contributed by atoms with E-state index in [-0.39, 0.29) is 11.6 Å². The average Bonchev–Trinajstić information content (AvgIpc) is 3.58. The Bertz CT molecular complexity index is 1480. The third kappa shape index (κ3) is 5.46. The number of oxazole rings is 1. The Labute approximate surface area is 219 Å².